The van der Waals surface area contributed by atoms with E-state index in [-0.39, 0.29) is 11.8 Å². The molecule has 3 rings (SSSR count). The first-order valence-electron chi connectivity index (χ1n) is 7.27. The van der Waals surface area contributed by atoms with Gasteiger partial charge in [0.2, 0.25) is 0 Å². The van der Waals surface area contributed by atoms with Gasteiger partial charge in [0.15, 0.2) is 11.5 Å². The summed E-state index contributed by atoms with van der Waals surface area (Å²) < 4.78 is 16.6. The van der Waals surface area contributed by atoms with E-state index in [2.05, 4.69) is 5.32 Å². The van der Waals surface area contributed by atoms with Crippen molar-refractivity contribution in [3.8, 4) is 11.5 Å². The zero-order valence-electron chi connectivity index (χ0n) is 12.1. The summed E-state index contributed by atoms with van der Waals surface area (Å²) in [7, 11) is 0. The van der Waals surface area contributed by atoms with E-state index in [0.717, 1.165) is 12.8 Å². The van der Waals surface area contributed by atoms with E-state index >= 15 is 0 Å². The first-order valence-corrected chi connectivity index (χ1v) is 7.27. The van der Waals surface area contributed by atoms with Crippen LogP contribution in [0, 0.1) is 5.92 Å². The third-order valence-electron chi connectivity index (χ3n) is 3.82. The SMILES string of the molecule is CC1CCOC1C(=O)Nc1cc2c(cc1N)OCCCO2. The van der Waals surface area contributed by atoms with Gasteiger partial charge in [-0.3, -0.25) is 4.79 Å². The van der Waals surface area contributed by atoms with Crippen molar-refractivity contribution in [1.82, 2.24) is 0 Å². The number of fused-ring (bicyclic) bond motifs is 1. The first kappa shape index (κ1) is 14.0. The lowest BCUT2D eigenvalue weighted by molar-refractivity contribution is -0.126. The number of ether oxygens (including phenoxy) is 3. The summed E-state index contributed by atoms with van der Waals surface area (Å²) in [5, 5.41) is 2.83. The molecule has 0 bridgehead atoms. The van der Waals surface area contributed by atoms with E-state index < -0.39 is 6.10 Å². The third-order valence-corrected chi connectivity index (χ3v) is 3.82. The molecule has 1 aromatic rings. The number of nitrogen functional groups attached to an aromatic ring is 1. The van der Waals surface area contributed by atoms with Crippen molar-refractivity contribution in [2.24, 2.45) is 5.92 Å². The maximum atomic E-state index is 12.2. The standard InChI is InChI=1S/C15H20N2O4/c1-9-3-6-21-14(9)15(18)17-11-8-13-12(7-10(11)16)19-4-2-5-20-13/h7-9,14H,2-6,16H2,1H3,(H,17,18). The van der Waals surface area contributed by atoms with Crippen molar-refractivity contribution in [1.29, 1.82) is 0 Å². The largest absolute Gasteiger partial charge is 0.489 e. The van der Waals surface area contributed by atoms with E-state index in [1.165, 1.54) is 0 Å². The minimum absolute atomic E-state index is 0.166. The molecule has 0 aromatic heterocycles. The van der Waals surface area contributed by atoms with Crippen LogP contribution < -0.4 is 20.5 Å². The number of carbonyl (C=O) groups excluding carboxylic acids is 1. The van der Waals surface area contributed by atoms with Crippen LogP contribution in [0.5, 0.6) is 11.5 Å². The van der Waals surface area contributed by atoms with Crippen LogP contribution in [0.3, 0.4) is 0 Å². The van der Waals surface area contributed by atoms with E-state index in [1.54, 1.807) is 12.1 Å². The van der Waals surface area contributed by atoms with Crippen LogP contribution in [0.2, 0.25) is 0 Å². The molecular formula is C15H20N2O4. The van der Waals surface area contributed by atoms with Gasteiger partial charge in [-0.15, -0.1) is 0 Å². The van der Waals surface area contributed by atoms with Crippen LogP contribution in [0.15, 0.2) is 12.1 Å². The van der Waals surface area contributed by atoms with Crippen molar-refractivity contribution in [3.05, 3.63) is 12.1 Å². The molecule has 2 aliphatic rings. The van der Waals surface area contributed by atoms with Gasteiger partial charge < -0.3 is 25.3 Å². The summed E-state index contributed by atoms with van der Waals surface area (Å²) in [4.78, 5) is 12.2. The molecule has 1 fully saturated rings. The Kier molecular flexibility index (Phi) is 3.88. The summed E-state index contributed by atoms with van der Waals surface area (Å²) in [6.07, 6.45) is 1.30. The van der Waals surface area contributed by atoms with E-state index in [4.69, 9.17) is 19.9 Å². The van der Waals surface area contributed by atoms with Gasteiger partial charge in [0, 0.05) is 25.2 Å². The van der Waals surface area contributed by atoms with Gasteiger partial charge in [0.1, 0.15) is 6.10 Å². The Bertz CT molecular complexity index is 547. The molecule has 0 spiro atoms. The second-order valence-corrected chi connectivity index (χ2v) is 5.48. The van der Waals surface area contributed by atoms with Gasteiger partial charge >= 0.3 is 0 Å². The highest BCUT2D eigenvalue weighted by Crippen LogP contribution is 2.37. The Morgan fingerprint density at radius 2 is 1.95 bits per heavy atom. The van der Waals surface area contributed by atoms with Crippen molar-refractivity contribution >= 4 is 17.3 Å². The molecule has 2 unspecified atom stereocenters. The van der Waals surface area contributed by atoms with Crippen LogP contribution in [0.4, 0.5) is 11.4 Å². The zero-order chi connectivity index (χ0) is 14.8. The van der Waals surface area contributed by atoms with Crippen molar-refractivity contribution in [2.75, 3.05) is 30.9 Å². The summed E-state index contributed by atoms with van der Waals surface area (Å²) in [6, 6.07) is 3.41. The molecule has 0 saturated carbocycles. The molecule has 6 nitrogen and oxygen atoms in total. The van der Waals surface area contributed by atoms with Gasteiger partial charge in [0.05, 0.1) is 24.6 Å². The van der Waals surface area contributed by atoms with Gasteiger partial charge in [-0.2, -0.15) is 0 Å². The third kappa shape index (κ3) is 2.90. The number of rotatable bonds is 2. The molecule has 2 aliphatic heterocycles. The maximum Gasteiger partial charge on any atom is 0.253 e. The van der Waals surface area contributed by atoms with E-state index in [1.807, 2.05) is 6.92 Å². The summed E-state index contributed by atoms with van der Waals surface area (Å²) >= 11 is 0. The van der Waals surface area contributed by atoms with Crippen molar-refractivity contribution in [2.45, 2.75) is 25.9 Å². The smallest absolute Gasteiger partial charge is 0.253 e. The monoisotopic (exact) mass is 292 g/mol. The minimum Gasteiger partial charge on any atom is -0.489 e. The number of benzene rings is 1. The Balaban J connectivity index is 1.79. The number of nitrogens with two attached hydrogens (primary N) is 1. The van der Waals surface area contributed by atoms with Crippen molar-refractivity contribution in [3.63, 3.8) is 0 Å². The van der Waals surface area contributed by atoms with Crippen LogP contribution in [0.25, 0.3) is 0 Å². The predicted octanol–water partition coefficient (Wildman–Crippen LogP) is 1.79. The van der Waals surface area contributed by atoms with Gasteiger partial charge in [0.25, 0.3) is 5.91 Å². The van der Waals surface area contributed by atoms with Crippen LogP contribution >= 0.6 is 0 Å². The molecule has 0 aliphatic carbocycles. The lowest BCUT2D eigenvalue weighted by Crippen LogP contribution is -2.31. The molecule has 3 N–H and O–H groups in total. The molecule has 1 amide bonds. The number of anilines is 2. The number of carbonyl (C=O) groups is 1. The average Bonchev–Trinajstić information content (AvgIpc) is 2.75. The normalized spacial score (nSPS) is 24.4. The minimum atomic E-state index is -0.416. The quantitative estimate of drug-likeness (QED) is 0.812. The highest BCUT2D eigenvalue weighted by molar-refractivity contribution is 5.97. The lowest BCUT2D eigenvalue weighted by atomic mass is 10.0. The first-order chi connectivity index (χ1) is 10.1. The molecule has 2 heterocycles. The van der Waals surface area contributed by atoms with Crippen LogP contribution in [0.1, 0.15) is 19.8 Å². The fourth-order valence-corrected chi connectivity index (χ4v) is 2.57. The molecular weight excluding hydrogens is 272 g/mol. The molecule has 2 atom stereocenters. The molecule has 1 saturated heterocycles. The topological polar surface area (TPSA) is 82.8 Å². The molecule has 21 heavy (non-hydrogen) atoms. The second-order valence-electron chi connectivity index (χ2n) is 5.48. The van der Waals surface area contributed by atoms with E-state index in [9.17, 15) is 4.79 Å². The van der Waals surface area contributed by atoms with Crippen LogP contribution in [-0.2, 0) is 9.53 Å². The molecule has 114 valence electrons. The number of nitrogens with one attached hydrogen (secondary N) is 1. The summed E-state index contributed by atoms with van der Waals surface area (Å²) in [6.45, 7) is 3.82. The van der Waals surface area contributed by atoms with Gasteiger partial charge in [-0.1, -0.05) is 6.92 Å². The van der Waals surface area contributed by atoms with Gasteiger partial charge in [-0.05, 0) is 12.3 Å². The fraction of sp³-hybridized carbons (Fsp3) is 0.533. The lowest BCUT2D eigenvalue weighted by Gasteiger charge is -2.17. The fourth-order valence-electron chi connectivity index (χ4n) is 2.57. The number of hydrogen-bond donors (Lipinski definition) is 2. The zero-order valence-corrected chi connectivity index (χ0v) is 12.1. The van der Waals surface area contributed by atoms with Gasteiger partial charge in [-0.25, -0.2) is 0 Å². The number of amides is 1. The summed E-state index contributed by atoms with van der Waals surface area (Å²) in [5.74, 6) is 1.28. The highest BCUT2D eigenvalue weighted by atomic mass is 16.5. The number of hydrogen-bond acceptors (Lipinski definition) is 5. The average molecular weight is 292 g/mol. The summed E-state index contributed by atoms with van der Waals surface area (Å²) in [5.41, 5.74) is 6.98. The Hall–Kier alpha value is -1.95. The molecule has 6 heteroatoms. The molecule has 0 radical (unpaired) electrons. The maximum absolute atomic E-state index is 12.2. The second kappa shape index (κ2) is 5.81. The molecule has 1 aromatic carbocycles. The Labute approximate surface area is 123 Å². The Morgan fingerprint density at radius 3 is 2.62 bits per heavy atom. The van der Waals surface area contributed by atoms with Crippen LogP contribution in [-0.4, -0.2) is 31.8 Å². The van der Waals surface area contributed by atoms with E-state index in [0.29, 0.717) is 42.7 Å². The Morgan fingerprint density at radius 1 is 1.24 bits per heavy atom. The predicted molar refractivity (Wildman–Crippen MR) is 78.6 cm³/mol. The van der Waals surface area contributed by atoms with Crippen molar-refractivity contribution < 1.29 is 19.0 Å². The highest BCUT2D eigenvalue weighted by Gasteiger charge is 2.31.